The van der Waals surface area contributed by atoms with Crippen molar-refractivity contribution in [2.75, 3.05) is 0 Å². The smallest absolute Gasteiger partial charge is 0.0305 e. The molecule has 0 saturated heterocycles. The van der Waals surface area contributed by atoms with Crippen LogP contribution >= 0.6 is 35.0 Å². The molecule has 0 unspecified atom stereocenters. The van der Waals surface area contributed by atoms with E-state index in [-0.39, 0.29) is 18.4 Å². The van der Waals surface area contributed by atoms with Gasteiger partial charge in [0.2, 0.25) is 0 Å². The van der Waals surface area contributed by atoms with Crippen LogP contribution in [0.2, 0.25) is 0 Å². The van der Waals surface area contributed by atoms with Crippen molar-refractivity contribution < 1.29 is 0 Å². The van der Waals surface area contributed by atoms with Gasteiger partial charge < -0.3 is 5.73 Å². The molecule has 0 saturated carbocycles. The summed E-state index contributed by atoms with van der Waals surface area (Å²) in [5.74, 6) is 0.738. The molecule has 0 spiro atoms. The Kier molecular flexibility index (Phi) is 7.57. The van der Waals surface area contributed by atoms with Crippen molar-refractivity contribution in [2.45, 2.75) is 32.7 Å². The second-order valence-corrected chi connectivity index (χ2v) is 5.26. The molecule has 0 aliphatic carbocycles. The average molecular weight is 340 g/mol. The summed E-state index contributed by atoms with van der Waals surface area (Å²) in [6, 6.07) is 8.57. The molecule has 1 aromatic rings. The van der Waals surface area contributed by atoms with Gasteiger partial charge in [-0.3, -0.25) is 0 Å². The molecule has 1 aromatic carbocycles. The average Bonchev–Trinajstić information content (AvgIpc) is 2.15. The summed E-state index contributed by atoms with van der Waals surface area (Å²) in [4.78, 5) is 0. The standard InChI is InChI=1S/C12H18IN.ClH/c1-9(2)7-8-12(14)10-5-3-4-6-11(10)13;/h3-6,9,12H,7-8,14H2,1-2H3;1H/t12-;/m0./s1. The molecule has 0 radical (unpaired) electrons. The van der Waals surface area contributed by atoms with E-state index < -0.39 is 0 Å². The van der Waals surface area contributed by atoms with E-state index in [0.29, 0.717) is 0 Å². The lowest BCUT2D eigenvalue weighted by molar-refractivity contribution is 0.506. The highest BCUT2D eigenvalue weighted by Gasteiger charge is 2.09. The van der Waals surface area contributed by atoms with E-state index in [9.17, 15) is 0 Å². The molecule has 1 nitrogen and oxygen atoms in total. The zero-order valence-electron chi connectivity index (χ0n) is 9.24. The minimum Gasteiger partial charge on any atom is -0.324 e. The zero-order chi connectivity index (χ0) is 10.6. The third-order valence-corrected chi connectivity index (χ3v) is 3.34. The van der Waals surface area contributed by atoms with Gasteiger partial charge >= 0.3 is 0 Å². The van der Waals surface area contributed by atoms with Crippen LogP contribution in [0.4, 0.5) is 0 Å². The monoisotopic (exact) mass is 339 g/mol. The first-order chi connectivity index (χ1) is 6.61. The molecule has 0 fully saturated rings. The van der Waals surface area contributed by atoms with Gasteiger partial charge in [0.05, 0.1) is 0 Å². The van der Waals surface area contributed by atoms with Gasteiger partial charge in [0.15, 0.2) is 0 Å². The maximum atomic E-state index is 6.14. The van der Waals surface area contributed by atoms with Gasteiger partial charge in [-0.2, -0.15) is 0 Å². The lowest BCUT2D eigenvalue weighted by atomic mass is 9.98. The highest BCUT2D eigenvalue weighted by molar-refractivity contribution is 14.1. The molecular weight excluding hydrogens is 320 g/mol. The third kappa shape index (κ3) is 5.18. The molecule has 2 N–H and O–H groups in total. The van der Waals surface area contributed by atoms with Crippen molar-refractivity contribution >= 4 is 35.0 Å². The number of hydrogen-bond donors (Lipinski definition) is 1. The predicted molar refractivity (Wildman–Crippen MR) is 77.4 cm³/mol. The number of nitrogens with two attached hydrogens (primary N) is 1. The molecule has 1 atom stereocenters. The molecule has 0 aliphatic rings. The van der Waals surface area contributed by atoms with Crippen LogP contribution in [0.3, 0.4) is 0 Å². The normalized spacial score (nSPS) is 12.3. The molecular formula is C12H19ClIN. The van der Waals surface area contributed by atoms with Gasteiger partial charge in [-0.1, -0.05) is 32.0 Å². The van der Waals surface area contributed by atoms with Crippen molar-refractivity contribution in [3.05, 3.63) is 33.4 Å². The first-order valence-electron chi connectivity index (χ1n) is 5.11. The largest absolute Gasteiger partial charge is 0.324 e. The summed E-state index contributed by atoms with van der Waals surface area (Å²) < 4.78 is 1.28. The Balaban J connectivity index is 0.00000196. The van der Waals surface area contributed by atoms with Crippen molar-refractivity contribution in [2.24, 2.45) is 11.7 Å². The van der Waals surface area contributed by atoms with Gasteiger partial charge in [-0.15, -0.1) is 12.4 Å². The van der Waals surface area contributed by atoms with Gasteiger partial charge in [0.1, 0.15) is 0 Å². The van der Waals surface area contributed by atoms with Crippen molar-refractivity contribution in [3.63, 3.8) is 0 Å². The van der Waals surface area contributed by atoms with Crippen molar-refractivity contribution in [1.82, 2.24) is 0 Å². The SMILES string of the molecule is CC(C)CC[C@H](N)c1ccccc1I.Cl. The van der Waals surface area contributed by atoms with E-state index >= 15 is 0 Å². The van der Waals surface area contributed by atoms with Crippen molar-refractivity contribution in [1.29, 1.82) is 0 Å². The predicted octanol–water partition coefficient (Wildman–Crippen LogP) is 4.15. The van der Waals surface area contributed by atoms with Crippen LogP contribution < -0.4 is 5.73 Å². The number of benzene rings is 1. The van der Waals surface area contributed by atoms with Crippen LogP contribution in [0.1, 0.15) is 38.3 Å². The Morgan fingerprint density at radius 3 is 2.33 bits per heavy atom. The van der Waals surface area contributed by atoms with Crippen LogP contribution in [0.25, 0.3) is 0 Å². The van der Waals surface area contributed by atoms with Crippen LogP contribution in [0.15, 0.2) is 24.3 Å². The van der Waals surface area contributed by atoms with E-state index in [0.717, 1.165) is 12.3 Å². The Bertz CT molecular complexity index is 289. The molecule has 15 heavy (non-hydrogen) atoms. The third-order valence-electron chi connectivity index (χ3n) is 2.36. The second-order valence-electron chi connectivity index (χ2n) is 4.10. The summed E-state index contributed by atoms with van der Waals surface area (Å²) in [6.07, 6.45) is 2.28. The molecule has 1 rings (SSSR count). The topological polar surface area (TPSA) is 26.0 Å². The summed E-state index contributed by atoms with van der Waals surface area (Å²) in [6.45, 7) is 4.48. The van der Waals surface area contributed by atoms with E-state index in [1.54, 1.807) is 0 Å². The molecule has 0 aliphatic heterocycles. The maximum absolute atomic E-state index is 6.14. The van der Waals surface area contributed by atoms with E-state index in [1.807, 2.05) is 0 Å². The van der Waals surface area contributed by atoms with E-state index in [4.69, 9.17) is 5.73 Å². The van der Waals surface area contributed by atoms with Crippen LogP contribution in [-0.4, -0.2) is 0 Å². The van der Waals surface area contributed by atoms with Crippen molar-refractivity contribution in [3.8, 4) is 0 Å². The summed E-state index contributed by atoms with van der Waals surface area (Å²) in [5.41, 5.74) is 7.43. The molecule has 0 bridgehead atoms. The Morgan fingerprint density at radius 2 is 1.80 bits per heavy atom. The molecule has 86 valence electrons. The first-order valence-corrected chi connectivity index (χ1v) is 6.19. The van der Waals surface area contributed by atoms with Crippen LogP contribution in [0, 0.1) is 9.49 Å². The number of rotatable bonds is 4. The maximum Gasteiger partial charge on any atom is 0.0305 e. The fraction of sp³-hybridized carbons (Fsp3) is 0.500. The first kappa shape index (κ1) is 15.2. The summed E-state index contributed by atoms with van der Waals surface area (Å²) in [5, 5.41) is 0. The quantitative estimate of drug-likeness (QED) is 0.819. The van der Waals surface area contributed by atoms with Crippen LogP contribution in [0.5, 0.6) is 0 Å². The fourth-order valence-corrected chi connectivity index (χ4v) is 2.23. The molecule has 0 heterocycles. The second kappa shape index (κ2) is 7.47. The van der Waals surface area contributed by atoms with Crippen LogP contribution in [-0.2, 0) is 0 Å². The summed E-state index contributed by atoms with van der Waals surface area (Å²) >= 11 is 2.35. The highest BCUT2D eigenvalue weighted by Crippen LogP contribution is 2.22. The van der Waals surface area contributed by atoms with E-state index in [1.165, 1.54) is 15.6 Å². The Hall–Kier alpha value is 0.200. The van der Waals surface area contributed by atoms with E-state index in [2.05, 4.69) is 60.7 Å². The molecule has 0 amide bonds. The minimum atomic E-state index is 0. The Morgan fingerprint density at radius 1 is 1.20 bits per heavy atom. The number of hydrogen-bond acceptors (Lipinski definition) is 1. The summed E-state index contributed by atoms with van der Waals surface area (Å²) in [7, 11) is 0. The number of halogens is 2. The van der Waals surface area contributed by atoms with Gasteiger partial charge in [-0.25, -0.2) is 0 Å². The Labute approximate surface area is 112 Å². The lowest BCUT2D eigenvalue weighted by Gasteiger charge is -2.14. The highest BCUT2D eigenvalue weighted by atomic mass is 127. The fourth-order valence-electron chi connectivity index (χ4n) is 1.44. The molecule has 0 aromatic heterocycles. The van der Waals surface area contributed by atoms with Gasteiger partial charge in [-0.05, 0) is 53.0 Å². The zero-order valence-corrected chi connectivity index (χ0v) is 12.2. The lowest BCUT2D eigenvalue weighted by Crippen LogP contribution is -2.12. The van der Waals surface area contributed by atoms with Gasteiger partial charge in [0, 0.05) is 9.61 Å². The van der Waals surface area contributed by atoms with Gasteiger partial charge in [0.25, 0.3) is 0 Å². The molecule has 3 heteroatoms. The minimum absolute atomic E-state index is 0.